The first-order valence-electron chi connectivity index (χ1n) is 9.88. The quantitative estimate of drug-likeness (QED) is 0.393. The van der Waals surface area contributed by atoms with Crippen LogP contribution in [0.5, 0.6) is 5.75 Å². The van der Waals surface area contributed by atoms with Crippen LogP contribution < -0.4 is 10.5 Å². The molecule has 1 atom stereocenters. The van der Waals surface area contributed by atoms with E-state index in [4.69, 9.17) is 15.2 Å². The lowest BCUT2D eigenvalue weighted by Gasteiger charge is -2.25. The molecule has 0 unspecified atom stereocenters. The van der Waals surface area contributed by atoms with Gasteiger partial charge in [0.05, 0.1) is 27.4 Å². The molecule has 1 aromatic carbocycles. The summed E-state index contributed by atoms with van der Waals surface area (Å²) in [5.74, 6) is -0.687. The van der Waals surface area contributed by atoms with Gasteiger partial charge in [-0.1, -0.05) is 24.3 Å². The molecule has 0 saturated heterocycles. The topological polar surface area (TPSA) is 108 Å². The zero-order valence-electron chi connectivity index (χ0n) is 17.7. The zero-order chi connectivity index (χ0) is 22.6. The van der Waals surface area contributed by atoms with Crippen LogP contribution in [-0.4, -0.2) is 50.1 Å². The molecule has 1 amide bonds. The summed E-state index contributed by atoms with van der Waals surface area (Å²) >= 11 is 1.49. The molecule has 1 heterocycles. The minimum atomic E-state index is -1.00. The molecule has 0 radical (unpaired) electrons. The average molecular weight is 449 g/mol. The van der Waals surface area contributed by atoms with Gasteiger partial charge in [0.1, 0.15) is 18.3 Å². The van der Waals surface area contributed by atoms with E-state index in [0.29, 0.717) is 37.2 Å². The van der Waals surface area contributed by atoms with Crippen LogP contribution in [0, 0.1) is 0 Å². The normalized spacial score (nSPS) is 11.5. The highest BCUT2D eigenvalue weighted by Crippen LogP contribution is 2.26. The molecule has 0 aliphatic heterocycles. The largest absolute Gasteiger partial charge is 0.493 e. The molecule has 1 aromatic heterocycles. The summed E-state index contributed by atoms with van der Waals surface area (Å²) in [5, 5.41) is 1.90. The van der Waals surface area contributed by atoms with Gasteiger partial charge in [-0.15, -0.1) is 11.3 Å². The van der Waals surface area contributed by atoms with Gasteiger partial charge in [-0.3, -0.25) is 14.4 Å². The summed E-state index contributed by atoms with van der Waals surface area (Å²) < 4.78 is 15.2. The molecule has 168 valence electrons. The molecule has 31 heavy (non-hydrogen) atoms. The molecule has 8 nitrogen and oxygen atoms in total. The maximum absolute atomic E-state index is 13.1. The number of ether oxygens (including phenoxy) is 3. The number of nitrogens with two attached hydrogens (primary N) is 1. The van der Waals surface area contributed by atoms with Gasteiger partial charge in [-0.2, -0.15) is 0 Å². The summed E-state index contributed by atoms with van der Waals surface area (Å²) in [6.07, 6.45) is 1.61. The van der Waals surface area contributed by atoms with Gasteiger partial charge >= 0.3 is 11.9 Å². The Hall–Kier alpha value is -2.91. The summed E-state index contributed by atoms with van der Waals surface area (Å²) in [6, 6.07) is 9.80. The summed E-state index contributed by atoms with van der Waals surface area (Å²) in [4.78, 5) is 38.5. The summed E-state index contributed by atoms with van der Waals surface area (Å²) in [5.41, 5.74) is 6.82. The van der Waals surface area contributed by atoms with Crippen LogP contribution in [-0.2, 0) is 30.4 Å². The van der Waals surface area contributed by atoms with Crippen molar-refractivity contribution < 1.29 is 28.6 Å². The second kappa shape index (κ2) is 12.7. The SMILES string of the molecule is COC(=O)CCCCOc1ccccc1[C@@H](N)C(=O)N(CC(=O)OC)Cc1cccs1. The van der Waals surface area contributed by atoms with Crippen LogP contribution in [0.1, 0.15) is 35.7 Å². The number of rotatable bonds is 12. The van der Waals surface area contributed by atoms with Crippen molar-refractivity contribution in [1.29, 1.82) is 0 Å². The standard InChI is InChI=1S/C22H28N2O6S/c1-28-19(25)11-5-6-12-30-18-10-4-3-9-17(18)21(23)22(27)24(15-20(26)29-2)14-16-8-7-13-31-16/h3-4,7-10,13,21H,5-6,11-12,14-15,23H2,1-2H3/t21-/m1/s1. The first kappa shape index (κ1) is 24.4. The number of thiophene rings is 1. The van der Waals surface area contributed by atoms with E-state index in [0.717, 1.165) is 4.88 Å². The van der Waals surface area contributed by atoms with Gasteiger partial charge in [0.25, 0.3) is 0 Å². The highest BCUT2D eigenvalue weighted by atomic mass is 32.1. The molecule has 2 aromatic rings. The van der Waals surface area contributed by atoms with Gasteiger partial charge in [0, 0.05) is 16.9 Å². The average Bonchev–Trinajstić information content (AvgIpc) is 3.30. The molecule has 0 bridgehead atoms. The van der Waals surface area contributed by atoms with Crippen molar-refractivity contribution >= 4 is 29.2 Å². The summed E-state index contributed by atoms with van der Waals surface area (Å²) in [7, 11) is 2.63. The Bertz CT molecular complexity index is 855. The highest BCUT2D eigenvalue weighted by molar-refractivity contribution is 7.09. The molecular formula is C22H28N2O6S. The number of para-hydroxylation sites is 1. The molecule has 9 heteroatoms. The third-order valence-corrected chi connectivity index (χ3v) is 5.43. The van der Waals surface area contributed by atoms with Gasteiger partial charge in [-0.05, 0) is 30.4 Å². The third-order valence-electron chi connectivity index (χ3n) is 4.57. The summed E-state index contributed by atoms with van der Waals surface area (Å²) in [6.45, 7) is 0.434. The number of hydrogen-bond donors (Lipinski definition) is 1. The maximum Gasteiger partial charge on any atom is 0.325 e. The van der Waals surface area contributed by atoms with E-state index < -0.39 is 17.9 Å². The maximum atomic E-state index is 13.1. The first-order valence-corrected chi connectivity index (χ1v) is 10.8. The number of hydrogen-bond acceptors (Lipinski definition) is 8. The first-order chi connectivity index (χ1) is 15.0. The Balaban J connectivity index is 2.06. The number of unbranched alkanes of at least 4 members (excludes halogenated alkanes) is 1. The lowest BCUT2D eigenvalue weighted by molar-refractivity contribution is -0.147. The lowest BCUT2D eigenvalue weighted by Crippen LogP contribution is -2.41. The van der Waals surface area contributed by atoms with Crippen LogP contribution in [0.3, 0.4) is 0 Å². The molecule has 0 fully saturated rings. The Morgan fingerprint density at radius 2 is 1.77 bits per heavy atom. The number of methoxy groups -OCH3 is 2. The molecular weight excluding hydrogens is 420 g/mol. The van der Waals surface area contributed by atoms with Crippen molar-refractivity contribution in [3.8, 4) is 5.75 Å². The molecule has 2 N–H and O–H groups in total. The second-order valence-corrected chi connectivity index (χ2v) is 7.78. The van der Waals surface area contributed by atoms with Crippen LogP contribution in [0.4, 0.5) is 0 Å². The van der Waals surface area contributed by atoms with Gasteiger partial charge in [0.15, 0.2) is 0 Å². The Kier molecular flexibility index (Phi) is 9.99. The third kappa shape index (κ3) is 7.69. The van der Waals surface area contributed by atoms with E-state index in [9.17, 15) is 14.4 Å². The van der Waals surface area contributed by atoms with E-state index >= 15 is 0 Å². The Morgan fingerprint density at radius 1 is 1.03 bits per heavy atom. The van der Waals surface area contributed by atoms with Crippen molar-refractivity contribution in [2.75, 3.05) is 27.4 Å². The van der Waals surface area contributed by atoms with Crippen LogP contribution in [0.25, 0.3) is 0 Å². The second-order valence-electron chi connectivity index (χ2n) is 6.75. The fraction of sp³-hybridized carbons (Fsp3) is 0.409. The Labute approximate surface area is 185 Å². The van der Waals surface area contributed by atoms with Crippen LogP contribution >= 0.6 is 11.3 Å². The molecule has 0 spiro atoms. The molecule has 2 rings (SSSR count). The highest BCUT2D eigenvalue weighted by Gasteiger charge is 2.27. The van der Waals surface area contributed by atoms with Gasteiger partial charge in [0.2, 0.25) is 5.91 Å². The zero-order valence-corrected chi connectivity index (χ0v) is 18.6. The van der Waals surface area contributed by atoms with Crippen LogP contribution in [0.15, 0.2) is 41.8 Å². The molecule has 0 aliphatic carbocycles. The number of carbonyl (C=O) groups excluding carboxylic acids is 3. The van der Waals surface area contributed by atoms with E-state index in [1.807, 2.05) is 17.5 Å². The number of carbonyl (C=O) groups is 3. The minimum Gasteiger partial charge on any atom is -0.493 e. The van der Waals surface area contributed by atoms with Crippen LogP contribution in [0.2, 0.25) is 0 Å². The lowest BCUT2D eigenvalue weighted by atomic mass is 10.0. The van der Waals surface area contributed by atoms with E-state index in [2.05, 4.69) is 4.74 Å². The number of esters is 2. The molecule has 0 saturated carbocycles. The monoisotopic (exact) mass is 448 g/mol. The van der Waals surface area contributed by atoms with Crippen molar-refractivity contribution in [1.82, 2.24) is 4.90 Å². The Morgan fingerprint density at radius 3 is 2.45 bits per heavy atom. The predicted octanol–water partition coefficient (Wildman–Crippen LogP) is 2.67. The molecule has 0 aliphatic rings. The van der Waals surface area contributed by atoms with Gasteiger partial charge in [-0.25, -0.2) is 0 Å². The van der Waals surface area contributed by atoms with Crippen molar-refractivity contribution in [2.24, 2.45) is 5.73 Å². The van der Waals surface area contributed by atoms with E-state index in [-0.39, 0.29) is 19.1 Å². The number of benzene rings is 1. The fourth-order valence-corrected chi connectivity index (χ4v) is 3.60. The number of nitrogens with zero attached hydrogens (tertiary/aromatic N) is 1. The van der Waals surface area contributed by atoms with Crippen molar-refractivity contribution in [3.63, 3.8) is 0 Å². The minimum absolute atomic E-state index is 0.197. The predicted molar refractivity (Wildman–Crippen MR) is 116 cm³/mol. The van der Waals surface area contributed by atoms with Gasteiger partial charge < -0.3 is 24.8 Å². The fourth-order valence-electron chi connectivity index (χ4n) is 2.88. The van der Waals surface area contributed by atoms with Crippen molar-refractivity contribution in [2.45, 2.75) is 31.8 Å². The van der Waals surface area contributed by atoms with E-state index in [1.54, 1.807) is 24.3 Å². The van der Waals surface area contributed by atoms with Crippen molar-refractivity contribution in [3.05, 3.63) is 52.2 Å². The van der Waals surface area contributed by atoms with E-state index in [1.165, 1.54) is 30.5 Å². The number of amides is 1. The smallest absolute Gasteiger partial charge is 0.325 e.